The number of thioether (sulfide) groups is 1. The molecule has 0 aliphatic carbocycles. The molecule has 2 aromatic carbocycles. The number of fused-ring (bicyclic) bond motifs is 1. The summed E-state index contributed by atoms with van der Waals surface area (Å²) in [6.07, 6.45) is 3.82. The molecule has 0 atom stereocenters. The quantitative estimate of drug-likeness (QED) is 0.274. The largest absolute Gasteiger partial charge is 0.338 e. The fourth-order valence-electron chi connectivity index (χ4n) is 4.65. The summed E-state index contributed by atoms with van der Waals surface area (Å²) in [4.78, 5) is 34.3. The van der Waals surface area contributed by atoms with Crippen molar-refractivity contribution >= 4 is 50.3 Å². The minimum absolute atomic E-state index is 0.0127. The number of piperazine rings is 1. The first kappa shape index (κ1) is 27.2. The molecule has 1 saturated heterocycles. The van der Waals surface area contributed by atoms with Gasteiger partial charge in [-0.3, -0.25) is 9.59 Å². The van der Waals surface area contributed by atoms with Crippen LogP contribution in [0.25, 0.3) is 10.8 Å². The highest BCUT2D eigenvalue weighted by Gasteiger charge is 2.36. The Hall–Kier alpha value is -3.37. The van der Waals surface area contributed by atoms with E-state index >= 15 is 0 Å². The fraction of sp³-hybridized carbons (Fsp3) is 0.276. The second kappa shape index (κ2) is 11.4. The first-order chi connectivity index (χ1) is 18.7. The summed E-state index contributed by atoms with van der Waals surface area (Å²) in [5.74, 6) is -0.960. The van der Waals surface area contributed by atoms with Crippen molar-refractivity contribution in [3.8, 4) is 0 Å². The maximum absolute atomic E-state index is 14.8. The minimum Gasteiger partial charge on any atom is -0.338 e. The number of hydrogen-bond acceptors (Lipinski definition) is 6. The van der Waals surface area contributed by atoms with Gasteiger partial charge in [0.15, 0.2) is 0 Å². The first-order valence-corrected chi connectivity index (χ1v) is 14.2. The number of benzene rings is 2. The molecule has 0 bridgehead atoms. The Morgan fingerprint density at radius 2 is 1.79 bits per heavy atom. The van der Waals surface area contributed by atoms with Gasteiger partial charge in [-0.15, -0.1) is 0 Å². The third-order valence-corrected chi connectivity index (χ3v) is 8.33. The van der Waals surface area contributed by atoms with Crippen molar-refractivity contribution in [2.45, 2.75) is 30.0 Å². The standard InChI is InChI=1S/C29H27BrFN5O2S/c1-29(2,39-26-5-3-4-10-32-26)28(38)36-13-11-35(12-14-36)27(37)23-15-19(6-9-24(23)31)16-25-22-17-21(30)8-7-20(22)18-33-34-25/h3-10,15,17-18H,11-14,16H2,1-2H3. The lowest BCUT2D eigenvalue weighted by Gasteiger charge is -2.38. The van der Waals surface area contributed by atoms with Crippen LogP contribution in [0, 0.1) is 5.82 Å². The molecule has 0 spiro atoms. The number of carbonyl (C=O) groups excluding carboxylic acids is 2. The number of hydrogen-bond donors (Lipinski definition) is 0. The van der Waals surface area contributed by atoms with Crippen LogP contribution in [0.1, 0.15) is 35.5 Å². The number of aromatic nitrogens is 3. The Kier molecular flexibility index (Phi) is 7.95. The molecule has 1 aliphatic rings. The summed E-state index contributed by atoms with van der Waals surface area (Å²) in [5, 5.41) is 11.1. The van der Waals surface area contributed by atoms with Crippen LogP contribution in [-0.4, -0.2) is 67.7 Å². The number of halogens is 2. The molecular formula is C29H27BrFN5O2S. The molecule has 3 heterocycles. The average molecular weight is 609 g/mol. The van der Waals surface area contributed by atoms with E-state index < -0.39 is 10.6 Å². The number of rotatable bonds is 6. The molecule has 5 rings (SSSR count). The Morgan fingerprint density at radius 1 is 1.03 bits per heavy atom. The van der Waals surface area contributed by atoms with E-state index in [2.05, 4.69) is 31.1 Å². The van der Waals surface area contributed by atoms with Crippen molar-refractivity contribution in [2.75, 3.05) is 26.2 Å². The van der Waals surface area contributed by atoms with E-state index in [-0.39, 0.29) is 17.4 Å². The van der Waals surface area contributed by atoms with Crippen molar-refractivity contribution < 1.29 is 14.0 Å². The lowest BCUT2D eigenvalue weighted by atomic mass is 10.0. The van der Waals surface area contributed by atoms with Crippen LogP contribution in [0.3, 0.4) is 0 Å². The van der Waals surface area contributed by atoms with Crippen LogP contribution in [0.4, 0.5) is 4.39 Å². The molecule has 1 aliphatic heterocycles. The maximum Gasteiger partial charge on any atom is 0.256 e. The van der Waals surface area contributed by atoms with Crippen LogP contribution >= 0.6 is 27.7 Å². The van der Waals surface area contributed by atoms with E-state index in [1.807, 2.05) is 50.2 Å². The van der Waals surface area contributed by atoms with Crippen LogP contribution < -0.4 is 0 Å². The second-order valence-electron chi connectivity index (χ2n) is 9.88. The van der Waals surface area contributed by atoms with E-state index in [0.29, 0.717) is 32.6 Å². The SMILES string of the molecule is CC(C)(Sc1ccccn1)C(=O)N1CCN(C(=O)c2cc(Cc3nncc4ccc(Br)cc34)ccc2F)CC1. The molecule has 39 heavy (non-hydrogen) atoms. The van der Waals surface area contributed by atoms with E-state index in [4.69, 9.17) is 0 Å². The van der Waals surface area contributed by atoms with Crippen molar-refractivity contribution in [1.29, 1.82) is 0 Å². The highest BCUT2D eigenvalue weighted by Crippen LogP contribution is 2.33. The smallest absolute Gasteiger partial charge is 0.256 e. The highest BCUT2D eigenvalue weighted by molar-refractivity contribution is 9.10. The molecule has 0 saturated carbocycles. The predicted octanol–water partition coefficient (Wildman–Crippen LogP) is 5.37. The first-order valence-electron chi connectivity index (χ1n) is 12.6. The van der Waals surface area contributed by atoms with Crippen LogP contribution in [0.15, 0.2) is 76.5 Å². The van der Waals surface area contributed by atoms with E-state index in [9.17, 15) is 14.0 Å². The Bertz CT molecular complexity index is 1530. The van der Waals surface area contributed by atoms with Crippen molar-refractivity contribution in [3.63, 3.8) is 0 Å². The summed E-state index contributed by atoms with van der Waals surface area (Å²) in [6.45, 7) is 5.21. The number of nitrogens with zero attached hydrogens (tertiary/aromatic N) is 5. The molecule has 0 N–H and O–H groups in total. The summed E-state index contributed by atoms with van der Waals surface area (Å²) >= 11 is 4.91. The zero-order valence-electron chi connectivity index (χ0n) is 21.6. The molecule has 2 amide bonds. The molecule has 10 heteroatoms. The molecular weight excluding hydrogens is 581 g/mol. The van der Waals surface area contributed by atoms with Gasteiger partial charge in [0.1, 0.15) is 5.82 Å². The van der Waals surface area contributed by atoms with Gasteiger partial charge in [-0.25, -0.2) is 9.37 Å². The van der Waals surface area contributed by atoms with Crippen LogP contribution in [0.5, 0.6) is 0 Å². The van der Waals surface area contributed by atoms with Crippen molar-refractivity contribution in [3.05, 3.63) is 94.1 Å². The molecule has 0 radical (unpaired) electrons. The molecule has 0 unspecified atom stereocenters. The van der Waals surface area contributed by atoms with Crippen LogP contribution in [0.2, 0.25) is 0 Å². The number of pyridine rings is 1. The molecule has 200 valence electrons. The Balaban J connectivity index is 1.26. The zero-order valence-corrected chi connectivity index (χ0v) is 24.0. The van der Waals surface area contributed by atoms with Gasteiger partial charge in [-0.1, -0.05) is 45.9 Å². The third kappa shape index (κ3) is 6.12. The van der Waals surface area contributed by atoms with E-state index in [1.54, 1.807) is 34.3 Å². The van der Waals surface area contributed by atoms with Gasteiger partial charge in [-0.05, 0) is 55.8 Å². The van der Waals surface area contributed by atoms with Gasteiger partial charge in [0, 0.05) is 54.0 Å². The van der Waals surface area contributed by atoms with Gasteiger partial charge in [0.25, 0.3) is 5.91 Å². The second-order valence-corrected chi connectivity index (χ2v) is 12.4. The fourth-order valence-corrected chi connectivity index (χ4v) is 6.01. The molecule has 4 aromatic rings. The minimum atomic E-state index is -0.707. The normalized spacial score (nSPS) is 14.1. The van der Waals surface area contributed by atoms with E-state index in [1.165, 1.54) is 17.8 Å². The third-order valence-electron chi connectivity index (χ3n) is 6.70. The lowest BCUT2D eigenvalue weighted by molar-refractivity contribution is -0.134. The maximum atomic E-state index is 14.8. The molecule has 2 aromatic heterocycles. The van der Waals surface area contributed by atoms with Crippen molar-refractivity contribution in [1.82, 2.24) is 25.0 Å². The topological polar surface area (TPSA) is 79.3 Å². The summed E-state index contributed by atoms with van der Waals surface area (Å²) in [7, 11) is 0. The predicted molar refractivity (Wildman–Crippen MR) is 153 cm³/mol. The summed E-state index contributed by atoms with van der Waals surface area (Å²) in [6, 6.07) is 16.1. The lowest BCUT2D eigenvalue weighted by Crippen LogP contribution is -2.54. The van der Waals surface area contributed by atoms with Gasteiger partial charge in [-0.2, -0.15) is 10.2 Å². The zero-order chi connectivity index (χ0) is 27.6. The molecule has 1 fully saturated rings. The Labute approximate surface area is 238 Å². The summed E-state index contributed by atoms with van der Waals surface area (Å²) < 4.78 is 15.1. The Morgan fingerprint density at radius 3 is 2.54 bits per heavy atom. The van der Waals surface area contributed by atoms with Crippen molar-refractivity contribution in [2.24, 2.45) is 0 Å². The van der Waals surface area contributed by atoms with Gasteiger partial charge in [0.05, 0.1) is 27.2 Å². The van der Waals surface area contributed by atoms with Gasteiger partial charge < -0.3 is 9.80 Å². The molecule has 7 nitrogen and oxygen atoms in total. The van der Waals surface area contributed by atoms with Gasteiger partial charge >= 0.3 is 0 Å². The van der Waals surface area contributed by atoms with Gasteiger partial charge in [0.2, 0.25) is 5.91 Å². The van der Waals surface area contributed by atoms with E-state index in [0.717, 1.165) is 31.5 Å². The highest BCUT2D eigenvalue weighted by atomic mass is 79.9. The number of carbonyl (C=O) groups is 2. The monoisotopic (exact) mass is 607 g/mol. The van der Waals surface area contributed by atoms with Crippen LogP contribution in [-0.2, 0) is 11.2 Å². The average Bonchev–Trinajstić information content (AvgIpc) is 2.94. The number of amides is 2. The summed E-state index contributed by atoms with van der Waals surface area (Å²) in [5.41, 5.74) is 1.54.